The molecule has 0 amide bonds. The monoisotopic (exact) mass is 354 g/mol. The number of aldehydes is 1. The molecule has 4 heteroatoms. The van der Waals surface area contributed by atoms with Crippen molar-refractivity contribution in [1.29, 1.82) is 5.26 Å². The molecule has 22 heavy (non-hydrogen) atoms. The maximum atomic E-state index is 11.3. The van der Waals surface area contributed by atoms with Crippen LogP contribution in [0.2, 0.25) is 0 Å². The summed E-state index contributed by atoms with van der Waals surface area (Å²) in [5, 5.41) is 10.0. The van der Waals surface area contributed by atoms with Crippen LogP contribution in [0, 0.1) is 11.3 Å². The molecular weight excluding hydrogens is 340 g/mol. The first kappa shape index (κ1) is 14.8. The first-order valence-corrected chi connectivity index (χ1v) is 7.97. The zero-order valence-electron chi connectivity index (χ0n) is 12.0. The molecule has 1 aliphatic heterocycles. The third kappa shape index (κ3) is 2.22. The van der Waals surface area contributed by atoms with Crippen molar-refractivity contribution in [1.82, 2.24) is 0 Å². The number of hydrogen-bond donors (Lipinski definition) is 0. The number of nitrogens with zero attached hydrogens (tertiary/aromatic N) is 2. The highest BCUT2D eigenvalue weighted by molar-refractivity contribution is 9.10. The van der Waals surface area contributed by atoms with Gasteiger partial charge in [-0.15, -0.1) is 0 Å². The van der Waals surface area contributed by atoms with Crippen LogP contribution in [0.5, 0.6) is 0 Å². The molecule has 3 nitrogen and oxygen atoms in total. The van der Waals surface area contributed by atoms with Gasteiger partial charge in [0, 0.05) is 28.7 Å². The van der Waals surface area contributed by atoms with Crippen molar-refractivity contribution in [3.63, 3.8) is 0 Å². The fraction of sp³-hybridized carbons (Fsp3) is 0.222. The van der Waals surface area contributed by atoms with Crippen LogP contribution < -0.4 is 4.90 Å². The molecule has 0 bridgehead atoms. The molecule has 0 aromatic heterocycles. The van der Waals surface area contributed by atoms with Gasteiger partial charge >= 0.3 is 0 Å². The SMILES string of the molecule is N#C[C@@](CC=O)(c1ccccc1Br)N1CCc2ccccc21. The first-order chi connectivity index (χ1) is 10.7. The van der Waals surface area contributed by atoms with E-state index in [2.05, 4.69) is 33.0 Å². The minimum atomic E-state index is -0.978. The minimum Gasteiger partial charge on any atom is -0.349 e. The number of hydrogen-bond acceptors (Lipinski definition) is 3. The van der Waals surface area contributed by atoms with Gasteiger partial charge in [-0.2, -0.15) is 5.26 Å². The number of nitriles is 1. The van der Waals surface area contributed by atoms with Crippen molar-refractivity contribution in [3.8, 4) is 6.07 Å². The molecule has 1 atom stereocenters. The van der Waals surface area contributed by atoms with Gasteiger partial charge in [0.2, 0.25) is 0 Å². The summed E-state index contributed by atoms with van der Waals surface area (Å²) in [6.07, 6.45) is 1.87. The summed E-state index contributed by atoms with van der Waals surface area (Å²) >= 11 is 3.54. The maximum Gasteiger partial charge on any atom is 0.161 e. The smallest absolute Gasteiger partial charge is 0.161 e. The summed E-state index contributed by atoms with van der Waals surface area (Å²) in [5.41, 5.74) is 2.12. The summed E-state index contributed by atoms with van der Waals surface area (Å²) in [5.74, 6) is 0. The summed E-state index contributed by atoms with van der Waals surface area (Å²) < 4.78 is 0.850. The molecule has 0 unspecified atom stereocenters. The largest absolute Gasteiger partial charge is 0.349 e. The third-order valence-electron chi connectivity index (χ3n) is 4.23. The number of carbonyl (C=O) groups is 1. The van der Waals surface area contributed by atoms with Crippen molar-refractivity contribution < 1.29 is 4.79 Å². The molecule has 0 aliphatic carbocycles. The van der Waals surface area contributed by atoms with Crippen molar-refractivity contribution >= 4 is 27.9 Å². The van der Waals surface area contributed by atoms with Gasteiger partial charge < -0.3 is 9.69 Å². The number of rotatable bonds is 4. The zero-order valence-corrected chi connectivity index (χ0v) is 13.6. The molecule has 1 heterocycles. The summed E-state index contributed by atoms with van der Waals surface area (Å²) in [7, 11) is 0. The molecule has 1 aliphatic rings. The highest BCUT2D eigenvalue weighted by Gasteiger charge is 2.42. The van der Waals surface area contributed by atoms with Crippen molar-refractivity contribution in [2.75, 3.05) is 11.4 Å². The lowest BCUT2D eigenvalue weighted by molar-refractivity contribution is -0.108. The molecular formula is C18H15BrN2O. The van der Waals surface area contributed by atoms with Gasteiger partial charge in [0.1, 0.15) is 6.29 Å². The van der Waals surface area contributed by atoms with Gasteiger partial charge in [0.15, 0.2) is 5.54 Å². The predicted molar refractivity (Wildman–Crippen MR) is 89.6 cm³/mol. The lowest BCUT2D eigenvalue weighted by Crippen LogP contribution is -2.45. The number of fused-ring (bicyclic) bond motifs is 1. The Morgan fingerprint density at radius 1 is 1.23 bits per heavy atom. The lowest BCUT2D eigenvalue weighted by atomic mass is 9.86. The molecule has 3 rings (SSSR count). The van der Waals surface area contributed by atoms with Crippen LogP contribution in [0.15, 0.2) is 53.0 Å². The number of anilines is 1. The Bertz CT molecular complexity index is 753. The molecule has 0 saturated heterocycles. The molecule has 2 aromatic carbocycles. The number of benzene rings is 2. The molecule has 0 saturated carbocycles. The van der Waals surface area contributed by atoms with E-state index in [9.17, 15) is 10.1 Å². The Hall–Kier alpha value is -2.12. The van der Waals surface area contributed by atoms with Gasteiger partial charge in [-0.25, -0.2) is 0 Å². The third-order valence-corrected chi connectivity index (χ3v) is 4.92. The second-order valence-electron chi connectivity index (χ2n) is 5.35. The lowest BCUT2D eigenvalue weighted by Gasteiger charge is -2.38. The van der Waals surface area contributed by atoms with Crippen LogP contribution in [0.4, 0.5) is 5.69 Å². The summed E-state index contributed by atoms with van der Waals surface area (Å²) in [4.78, 5) is 13.4. The van der Waals surface area contributed by atoms with Gasteiger partial charge in [0.05, 0.1) is 6.07 Å². The van der Waals surface area contributed by atoms with E-state index in [1.807, 2.05) is 42.5 Å². The Labute approximate surface area is 138 Å². The second-order valence-corrected chi connectivity index (χ2v) is 6.21. The molecule has 2 aromatic rings. The number of halogens is 1. The van der Waals surface area contributed by atoms with E-state index in [0.717, 1.165) is 35.0 Å². The standard InChI is InChI=1S/C18H15BrN2O/c19-16-7-3-2-6-15(16)18(13-20,10-12-22)21-11-9-14-5-1-4-8-17(14)21/h1-8,12H,9-11H2/t18-/m0/s1. The van der Waals surface area contributed by atoms with Crippen LogP contribution >= 0.6 is 15.9 Å². The number of carbonyl (C=O) groups excluding carboxylic acids is 1. The van der Waals surface area contributed by atoms with Crippen molar-refractivity contribution in [2.45, 2.75) is 18.4 Å². The van der Waals surface area contributed by atoms with E-state index in [1.165, 1.54) is 5.56 Å². The quantitative estimate of drug-likeness (QED) is 0.784. The Morgan fingerprint density at radius 3 is 2.68 bits per heavy atom. The molecule has 0 radical (unpaired) electrons. The maximum absolute atomic E-state index is 11.3. The van der Waals surface area contributed by atoms with Crippen molar-refractivity contribution in [3.05, 3.63) is 64.1 Å². The highest BCUT2D eigenvalue weighted by Crippen LogP contribution is 2.42. The average molecular weight is 355 g/mol. The Kier molecular flexibility index (Phi) is 4.00. The van der Waals surface area contributed by atoms with Gasteiger partial charge in [-0.1, -0.05) is 52.3 Å². The Balaban J connectivity index is 2.19. The molecule has 0 fully saturated rings. The molecule has 0 N–H and O–H groups in total. The van der Waals surface area contributed by atoms with Crippen LogP contribution in [0.25, 0.3) is 0 Å². The topological polar surface area (TPSA) is 44.1 Å². The normalized spacial score (nSPS) is 15.7. The van der Waals surface area contributed by atoms with E-state index in [-0.39, 0.29) is 6.42 Å². The van der Waals surface area contributed by atoms with Gasteiger partial charge in [0.25, 0.3) is 0 Å². The number of para-hydroxylation sites is 1. The van der Waals surface area contributed by atoms with Crippen LogP contribution in [-0.2, 0) is 16.8 Å². The average Bonchev–Trinajstić information content (AvgIpc) is 2.98. The second kappa shape index (κ2) is 5.94. The fourth-order valence-corrected chi connectivity index (χ4v) is 3.80. The highest BCUT2D eigenvalue weighted by atomic mass is 79.9. The fourth-order valence-electron chi connectivity index (χ4n) is 3.18. The summed E-state index contributed by atoms with van der Waals surface area (Å²) in [6, 6.07) is 18.1. The van der Waals surface area contributed by atoms with Gasteiger partial charge in [-0.3, -0.25) is 0 Å². The zero-order chi connectivity index (χ0) is 15.6. The van der Waals surface area contributed by atoms with Crippen molar-refractivity contribution in [2.24, 2.45) is 0 Å². The van der Waals surface area contributed by atoms with Crippen LogP contribution in [0.3, 0.4) is 0 Å². The van der Waals surface area contributed by atoms with E-state index < -0.39 is 5.54 Å². The van der Waals surface area contributed by atoms with E-state index in [4.69, 9.17) is 0 Å². The summed E-state index contributed by atoms with van der Waals surface area (Å²) in [6.45, 7) is 0.738. The molecule has 110 valence electrons. The van der Waals surface area contributed by atoms with Crippen LogP contribution in [0.1, 0.15) is 17.5 Å². The first-order valence-electron chi connectivity index (χ1n) is 7.18. The minimum absolute atomic E-state index is 0.139. The van der Waals surface area contributed by atoms with Gasteiger partial charge in [-0.05, 0) is 24.1 Å². The van der Waals surface area contributed by atoms with Crippen LogP contribution in [-0.4, -0.2) is 12.8 Å². The van der Waals surface area contributed by atoms with E-state index in [1.54, 1.807) is 0 Å². The predicted octanol–water partition coefficient (Wildman–Crippen LogP) is 3.82. The Morgan fingerprint density at radius 2 is 1.95 bits per heavy atom. The van der Waals surface area contributed by atoms with E-state index in [0.29, 0.717) is 0 Å². The molecule has 0 spiro atoms. The van der Waals surface area contributed by atoms with E-state index >= 15 is 0 Å².